The highest BCUT2D eigenvalue weighted by atomic mass is 16.3. The van der Waals surface area contributed by atoms with E-state index in [1.807, 2.05) is 19.9 Å². The van der Waals surface area contributed by atoms with Gasteiger partial charge in [0.05, 0.1) is 11.9 Å². The molecule has 0 aromatic carbocycles. The largest absolute Gasteiger partial charge is 0.469 e. The molecule has 1 amide bonds. The van der Waals surface area contributed by atoms with Crippen molar-refractivity contribution in [3.05, 3.63) is 24.2 Å². The van der Waals surface area contributed by atoms with Crippen LogP contribution in [0, 0.1) is 5.92 Å². The quantitative estimate of drug-likeness (QED) is 0.782. The van der Waals surface area contributed by atoms with Gasteiger partial charge >= 0.3 is 0 Å². The maximum atomic E-state index is 11.8. The molecule has 0 saturated heterocycles. The fraction of sp³-hybridized carbons (Fsp3) is 0.643. The van der Waals surface area contributed by atoms with Crippen LogP contribution in [0.2, 0.25) is 0 Å². The lowest BCUT2D eigenvalue weighted by molar-refractivity contribution is -0.126. The summed E-state index contributed by atoms with van der Waals surface area (Å²) >= 11 is 0. The van der Waals surface area contributed by atoms with Crippen LogP contribution in [0.25, 0.3) is 0 Å². The summed E-state index contributed by atoms with van der Waals surface area (Å²) in [6, 6.07) is 3.60. The Bertz CT molecular complexity index is 353. The van der Waals surface area contributed by atoms with Crippen LogP contribution in [0.3, 0.4) is 0 Å². The smallest absolute Gasteiger partial charge is 0.223 e. The van der Waals surface area contributed by atoms with Crippen LogP contribution < -0.4 is 5.32 Å². The molecule has 18 heavy (non-hydrogen) atoms. The molecule has 1 aromatic rings. The van der Waals surface area contributed by atoms with Gasteiger partial charge in [-0.15, -0.1) is 0 Å². The van der Waals surface area contributed by atoms with Crippen molar-refractivity contribution in [2.24, 2.45) is 5.92 Å². The second kappa shape index (κ2) is 6.59. The third-order valence-electron chi connectivity index (χ3n) is 3.14. The SMILES string of the molecule is CCC(CC)C(=O)NCC(C)(O)Cc1ccco1. The lowest BCUT2D eigenvalue weighted by atomic mass is 9.99. The molecule has 0 aliphatic heterocycles. The van der Waals surface area contributed by atoms with E-state index in [0.717, 1.165) is 18.6 Å². The number of carbonyl (C=O) groups excluding carboxylic acids is 1. The first kappa shape index (κ1) is 14.8. The second-order valence-electron chi connectivity index (χ2n) is 4.98. The van der Waals surface area contributed by atoms with Crippen molar-refractivity contribution in [2.45, 2.75) is 45.6 Å². The van der Waals surface area contributed by atoms with Gasteiger partial charge in [0.15, 0.2) is 0 Å². The molecule has 1 aromatic heterocycles. The van der Waals surface area contributed by atoms with Gasteiger partial charge in [0.1, 0.15) is 5.76 Å². The fourth-order valence-corrected chi connectivity index (χ4v) is 1.93. The Morgan fingerprint density at radius 2 is 2.17 bits per heavy atom. The number of hydrogen-bond acceptors (Lipinski definition) is 3. The van der Waals surface area contributed by atoms with Gasteiger partial charge in [0, 0.05) is 18.9 Å². The predicted octanol–water partition coefficient (Wildman–Crippen LogP) is 2.13. The van der Waals surface area contributed by atoms with Crippen LogP contribution in [0.5, 0.6) is 0 Å². The van der Waals surface area contributed by atoms with Crippen molar-refractivity contribution >= 4 is 5.91 Å². The van der Waals surface area contributed by atoms with Crippen LogP contribution in [0.15, 0.2) is 22.8 Å². The summed E-state index contributed by atoms with van der Waals surface area (Å²) in [5.74, 6) is 0.765. The Hall–Kier alpha value is -1.29. The van der Waals surface area contributed by atoms with E-state index in [4.69, 9.17) is 4.42 Å². The van der Waals surface area contributed by atoms with E-state index in [0.29, 0.717) is 6.42 Å². The first-order valence-electron chi connectivity index (χ1n) is 6.51. The van der Waals surface area contributed by atoms with Gasteiger partial charge in [-0.1, -0.05) is 13.8 Å². The molecule has 2 N–H and O–H groups in total. The summed E-state index contributed by atoms with van der Waals surface area (Å²) in [6.45, 7) is 5.93. The Labute approximate surface area is 108 Å². The normalized spacial score (nSPS) is 14.5. The zero-order valence-electron chi connectivity index (χ0n) is 11.4. The number of rotatable bonds is 7. The molecule has 1 rings (SSSR count). The molecule has 0 aliphatic carbocycles. The molecule has 0 spiro atoms. The highest BCUT2D eigenvalue weighted by molar-refractivity contribution is 5.78. The maximum absolute atomic E-state index is 11.8. The molecule has 0 bridgehead atoms. The summed E-state index contributed by atoms with van der Waals surface area (Å²) in [4.78, 5) is 11.8. The second-order valence-corrected chi connectivity index (χ2v) is 4.98. The molecule has 0 aliphatic rings. The van der Waals surface area contributed by atoms with Crippen LogP contribution in [0.1, 0.15) is 39.4 Å². The summed E-state index contributed by atoms with van der Waals surface area (Å²) in [6.07, 6.45) is 3.61. The van der Waals surface area contributed by atoms with Gasteiger partial charge in [-0.25, -0.2) is 0 Å². The van der Waals surface area contributed by atoms with E-state index >= 15 is 0 Å². The van der Waals surface area contributed by atoms with Crippen molar-refractivity contribution in [2.75, 3.05) is 6.54 Å². The third-order valence-corrected chi connectivity index (χ3v) is 3.14. The molecular formula is C14H23NO3. The van der Waals surface area contributed by atoms with E-state index < -0.39 is 5.60 Å². The lowest BCUT2D eigenvalue weighted by Crippen LogP contribution is -2.44. The van der Waals surface area contributed by atoms with Gasteiger partial charge in [0.25, 0.3) is 0 Å². The standard InChI is InChI=1S/C14H23NO3/c1-4-11(5-2)13(16)15-10-14(3,17)9-12-7-6-8-18-12/h6-8,11,17H,4-5,9-10H2,1-3H3,(H,15,16). The average Bonchev–Trinajstić information content (AvgIpc) is 2.80. The summed E-state index contributed by atoms with van der Waals surface area (Å²) in [5.41, 5.74) is -0.987. The Morgan fingerprint density at radius 1 is 1.50 bits per heavy atom. The fourth-order valence-electron chi connectivity index (χ4n) is 1.93. The van der Waals surface area contributed by atoms with Crippen molar-refractivity contribution < 1.29 is 14.3 Å². The van der Waals surface area contributed by atoms with Gasteiger partial charge < -0.3 is 14.8 Å². The van der Waals surface area contributed by atoms with E-state index in [1.54, 1.807) is 19.3 Å². The zero-order chi connectivity index (χ0) is 13.6. The maximum Gasteiger partial charge on any atom is 0.223 e. The molecule has 1 atom stereocenters. The predicted molar refractivity (Wildman–Crippen MR) is 70.1 cm³/mol. The topological polar surface area (TPSA) is 62.5 Å². The number of amides is 1. The van der Waals surface area contributed by atoms with E-state index in [1.165, 1.54) is 0 Å². The molecule has 4 heteroatoms. The van der Waals surface area contributed by atoms with Gasteiger partial charge in [-0.2, -0.15) is 0 Å². The first-order valence-corrected chi connectivity index (χ1v) is 6.51. The Balaban J connectivity index is 2.43. The van der Waals surface area contributed by atoms with Crippen molar-refractivity contribution in [3.8, 4) is 0 Å². The number of hydrogen-bond donors (Lipinski definition) is 2. The molecule has 0 fully saturated rings. The Morgan fingerprint density at radius 3 is 2.67 bits per heavy atom. The highest BCUT2D eigenvalue weighted by Gasteiger charge is 2.24. The van der Waals surface area contributed by atoms with Crippen LogP contribution in [-0.4, -0.2) is 23.2 Å². The number of furan rings is 1. The van der Waals surface area contributed by atoms with Crippen molar-refractivity contribution in [1.82, 2.24) is 5.32 Å². The van der Waals surface area contributed by atoms with E-state index in [9.17, 15) is 9.90 Å². The van der Waals surface area contributed by atoms with Gasteiger partial charge in [0.2, 0.25) is 5.91 Å². The molecule has 4 nitrogen and oxygen atoms in total. The molecule has 0 saturated carbocycles. The average molecular weight is 253 g/mol. The molecule has 102 valence electrons. The molecular weight excluding hydrogens is 230 g/mol. The zero-order valence-corrected chi connectivity index (χ0v) is 11.4. The van der Waals surface area contributed by atoms with Crippen LogP contribution >= 0.6 is 0 Å². The van der Waals surface area contributed by atoms with E-state index in [2.05, 4.69) is 5.32 Å². The monoisotopic (exact) mass is 253 g/mol. The third kappa shape index (κ3) is 4.53. The van der Waals surface area contributed by atoms with Crippen molar-refractivity contribution in [1.29, 1.82) is 0 Å². The molecule has 0 radical (unpaired) electrons. The summed E-state index contributed by atoms with van der Waals surface area (Å²) in [7, 11) is 0. The minimum absolute atomic E-state index is 0.0136. The van der Waals surface area contributed by atoms with Gasteiger partial charge in [-0.05, 0) is 31.9 Å². The molecule has 1 unspecified atom stereocenters. The number of aliphatic hydroxyl groups is 1. The van der Waals surface area contributed by atoms with Crippen molar-refractivity contribution in [3.63, 3.8) is 0 Å². The lowest BCUT2D eigenvalue weighted by Gasteiger charge is -2.24. The first-order chi connectivity index (χ1) is 8.48. The highest BCUT2D eigenvalue weighted by Crippen LogP contribution is 2.13. The minimum Gasteiger partial charge on any atom is -0.469 e. The van der Waals surface area contributed by atoms with Crippen LogP contribution in [-0.2, 0) is 11.2 Å². The molecule has 1 heterocycles. The minimum atomic E-state index is -0.987. The summed E-state index contributed by atoms with van der Waals surface area (Å²) in [5, 5.41) is 13.0. The number of carbonyl (C=O) groups is 1. The summed E-state index contributed by atoms with van der Waals surface area (Å²) < 4.78 is 5.19. The van der Waals surface area contributed by atoms with Crippen LogP contribution in [0.4, 0.5) is 0 Å². The number of nitrogens with one attached hydrogen (secondary N) is 1. The van der Waals surface area contributed by atoms with E-state index in [-0.39, 0.29) is 18.4 Å². The van der Waals surface area contributed by atoms with Gasteiger partial charge in [-0.3, -0.25) is 4.79 Å². The Kier molecular flexibility index (Phi) is 5.41.